The highest BCUT2D eigenvalue weighted by Gasteiger charge is 2.69. The summed E-state index contributed by atoms with van der Waals surface area (Å²) in [4.78, 5) is 71.2. The van der Waals surface area contributed by atoms with Crippen LogP contribution >= 0.6 is 0 Å². The molecular formula is C47H70O13. The van der Waals surface area contributed by atoms with E-state index in [-0.39, 0.29) is 62.7 Å². The van der Waals surface area contributed by atoms with Gasteiger partial charge in [0.15, 0.2) is 0 Å². The van der Waals surface area contributed by atoms with Gasteiger partial charge in [0.05, 0.1) is 39.5 Å². The highest BCUT2D eigenvalue weighted by Crippen LogP contribution is 2.65. The van der Waals surface area contributed by atoms with Crippen LogP contribution in [0.1, 0.15) is 177 Å². The normalized spacial score (nSPS) is 43.1. The van der Waals surface area contributed by atoms with Crippen LogP contribution in [0.4, 0.5) is 0 Å². The minimum atomic E-state index is -1.51. The molecule has 8 aliphatic carbocycles. The summed E-state index contributed by atoms with van der Waals surface area (Å²) < 4.78 is 36.5. The highest BCUT2D eigenvalue weighted by molar-refractivity contribution is 5.88. The zero-order chi connectivity index (χ0) is 43.6. The third kappa shape index (κ3) is 7.92. The summed E-state index contributed by atoms with van der Waals surface area (Å²) in [6, 6.07) is 0. The molecule has 0 spiro atoms. The van der Waals surface area contributed by atoms with Crippen LogP contribution in [0.2, 0.25) is 0 Å². The second kappa shape index (κ2) is 14.1. The number of ether oxygens (including phenoxy) is 6. The van der Waals surface area contributed by atoms with E-state index < -0.39 is 91.4 Å². The molecule has 336 valence electrons. The summed E-state index contributed by atoms with van der Waals surface area (Å²) in [6.45, 7) is 14.3. The van der Waals surface area contributed by atoms with E-state index in [0.29, 0.717) is 64.4 Å². The number of hydrogen-bond acceptors (Lipinski definition) is 13. The van der Waals surface area contributed by atoms with E-state index in [0.717, 1.165) is 19.3 Å². The molecule has 10 unspecified atom stereocenters. The van der Waals surface area contributed by atoms with E-state index >= 15 is 4.79 Å². The average molecular weight is 843 g/mol. The zero-order valence-corrected chi connectivity index (χ0v) is 37.3. The second-order valence-corrected chi connectivity index (χ2v) is 23.7. The number of esters is 5. The molecule has 10 fully saturated rings. The van der Waals surface area contributed by atoms with Gasteiger partial charge in [-0.2, -0.15) is 0 Å². The number of aliphatic hydroxyl groups is 2. The van der Waals surface area contributed by atoms with Crippen LogP contribution in [0, 0.1) is 39.4 Å². The van der Waals surface area contributed by atoms with Crippen LogP contribution in [-0.2, 0) is 52.4 Å². The molecule has 13 heteroatoms. The molecule has 60 heavy (non-hydrogen) atoms. The van der Waals surface area contributed by atoms with Gasteiger partial charge in [-0.3, -0.25) is 19.2 Å². The van der Waals surface area contributed by atoms with Crippen LogP contribution in [0.15, 0.2) is 0 Å². The van der Waals surface area contributed by atoms with Gasteiger partial charge in [-0.1, -0.05) is 6.92 Å². The molecule has 8 saturated carbocycles. The molecule has 0 aromatic carbocycles. The Labute approximate surface area is 355 Å². The molecule has 2 heterocycles. The van der Waals surface area contributed by atoms with E-state index in [1.807, 2.05) is 6.92 Å². The first-order chi connectivity index (χ1) is 27.7. The van der Waals surface area contributed by atoms with Crippen LogP contribution in [-0.4, -0.2) is 86.6 Å². The maximum atomic E-state index is 15.1. The van der Waals surface area contributed by atoms with Crippen molar-refractivity contribution in [3.8, 4) is 0 Å². The molecule has 10 atom stereocenters. The lowest BCUT2D eigenvalue weighted by Gasteiger charge is -2.63. The van der Waals surface area contributed by atoms with Gasteiger partial charge in [0.2, 0.25) is 11.9 Å². The lowest BCUT2D eigenvalue weighted by molar-refractivity contribution is -0.259. The van der Waals surface area contributed by atoms with E-state index in [2.05, 4.69) is 0 Å². The lowest BCUT2D eigenvalue weighted by atomic mass is 9.46. The van der Waals surface area contributed by atoms with Crippen molar-refractivity contribution >= 4 is 29.8 Å². The Morgan fingerprint density at radius 2 is 1.32 bits per heavy atom. The number of rotatable bonds is 13. The van der Waals surface area contributed by atoms with Crippen molar-refractivity contribution < 1.29 is 62.6 Å². The molecule has 8 bridgehead atoms. The van der Waals surface area contributed by atoms with Crippen molar-refractivity contribution in [1.82, 2.24) is 0 Å². The summed E-state index contributed by atoms with van der Waals surface area (Å²) in [5.41, 5.74) is -11.4. The van der Waals surface area contributed by atoms with E-state index in [1.165, 1.54) is 0 Å². The van der Waals surface area contributed by atoms with Gasteiger partial charge < -0.3 is 38.6 Å². The molecule has 2 N–H and O–H groups in total. The minimum Gasteiger partial charge on any atom is -0.459 e. The third-order valence-corrected chi connectivity index (χ3v) is 16.2. The van der Waals surface area contributed by atoms with E-state index in [9.17, 15) is 29.4 Å². The van der Waals surface area contributed by atoms with Crippen molar-refractivity contribution in [2.45, 2.75) is 217 Å². The lowest BCUT2D eigenvalue weighted by Crippen LogP contribution is -2.67. The summed E-state index contributed by atoms with van der Waals surface area (Å²) in [5.74, 6) is -2.35. The van der Waals surface area contributed by atoms with Crippen LogP contribution in [0.3, 0.4) is 0 Å². The van der Waals surface area contributed by atoms with Crippen molar-refractivity contribution in [1.29, 1.82) is 0 Å². The number of hydrogen-bond donors (Lipinski definition) is 2. The largest absolute Gasteiger partial charge is 0.459 e. The molecule has 13 nitrogen and oxygen atoms in total. The van der Waals surface area contributed by atoms with E-state index in [1.54, 1.807) is 48.5 Å². The van der Waals surface area contributed by atoms with Crippen molar-refractivity contribution in [3.63, 3.8) is 0 Å². The Kier molecular flexibility index (Phi) is 10.3. The molecule has 0 amide bonds. The van der Waals surface area contributed by atoms with Crippen molar-refractivity contribution in [3.05, 3.63) is 0 Å². The third-order valence-electron chi connectivity index (χ3n) is 16.2. The monoisotopic (exact) mass is 842 g/mol. The SMILES string of the molecule is CCC(C)(CC(C)(CC(C)(C)C(=O)OC1(C)CC(C)(C)OC1=O)C(=O)OC12CC3CC(CC(O)(C3)C1)C2)C(=O)OC12CC3CC(O)(C1)CC(C(=O)OC1CCCCO1)(C3)C2. The molecule has 0 aromatic rings. The van der Waals surface area contributed by atoms with Gasteiger partial charge >= 0.3 is 29.8 Å². The Balaban J connectivity index is 1.06. The standard InChI is InChI=1S/C47H70O13/c1-9-40(6,34(49)60-47-21-31-15-43(26-47,25-45(54,18-31)28-47)37(52)56-32-12-10-11-13-55-32)24-41(7,22-38(2,3)33(48)58-42(8)23-39(4,5)57-36(42)51)35(50)59-46-19-29-14-30(20-46)17-44(53,16-29)27-46/h29-32,53-54H,9-28H2,1-8H3. The fourth-order valence-electron chi connectivity index (χ4n) is 14.7. The van der Waals surface area contributed by atoms with Crippen molar-refractivity contribution in [2.24, 2.45) is 39.4 Å². The number of cyclic esters (lactones) is 1. The first kappa shape index (κ1) is 43.9. The van der Waals surface area contributed by atoms with Gasteiger partial charge in [-0.25, -0.2) is 4.79 Å². The predicted molar refractivity (Wildman–Crippen MR) is 214 cm³/mol. The topological polar surface area (TPSA) is 181 Å². The molecule has 2 aliphatic heterocycles. The Morgan fingerprint density at radius 1 is 0.700 bits per heavy atom. The van der Waals surface area contributed by atoms with Gasteiger partial charge in [-0.05, 0) is 156 Å². The number of carbonyl (C=O) groups is 5. The minimum absolute atomic E-state index is 0.0413. The Morgan fingerprint density at radius 3 is 1.90 bits per heavy atom. The summed E-state index contributed by atoms with van der Waals surface area (Å²) >= 11 is 0. The average Bonchev–Trinajstić information content (AvgIpc) is 3.30. The van der Waals surface area contributed by atoms with Crippen LogP contribution in [0.25, 0.3) is 0 Å². The fraction of sp³-hybridized carbons (Fsp3) is 0.894. The zero-order valence-electron chi connectivity index (χ0n) is 37.3. The quantitative estimate of drug-likeness (QED) is 0.144. The Bertz CT molecular complexity index is 1790. The smallest absolute Gasteiger partial charge is 0.351 e. The van der Waals surface area contributed by atoms with Crippen LogP contribution < -0.4 is 0 Å². The van der Waals surface area contributed by atoms with Crippen LogP contribution in [0.5, 0.6) is 0 Å². The molecular weight excluding hydrogens is 773 g/mol. The maximum Gasteiger partial charge on any atom is 0.351 e. The molecule has 10 aliphatic rings. The second-order valence-electron chi connectivity index (χ2n) is 23.7. The van der Waals surface area contributed by atoms with Gasteiger partial charge in [0, 0.05) is 32.1 Å². The predicted octanol–water partition coefficient (Wildman–Crippen LogP) is 6.94. The molecule has 2 saturated heterocycles. The maximum absolute atomic E-state index is 15.1. The van der Waals surface area contributed by atoms with E-state index in [4.69, 9.17) is 28.4 Å². The molecule has 0 aromatic heterocycles. The summed E-state index contributed by atoms with van der Waals surface area (Å²) in [6.07, 6.45) is 8.47. The van der Waals surface area contributed by atoms with Gasteiger partial charge in [0.25, 0.3) is 0 Å². The van der Waals surface area contributed by atoms with Gasteiger partial charge in [-0.15, -0.1) is 0 Å². The fourth-order valence-corrected chi connectivity index (χ4v) is 14.7. The summed E-state index contributed by atoms with van der Waals surface area (Å²) in [5, 5.41) is 23.5. The highest BCUT2D eigenvalue weighted by atomic mass is 16.7. The van der Waals surface area contributed by atoms with Gasteiger partial charge in [0.1, 0.15) is 16.8 Å². The summed E-state index contributed by atoms with van der Waals surface area (Å²) in [7, 11) is 0. The number of carbonyl (C=O) groups excluding carboxylic acids is 5. The first-order valence-electron chi connectivity index (χ1n) is 22.9. The Hall–Kier alpha value is -2.77. The molecule has 0 radical (unpaired) electrons. The first-order valence-corrected chi connectivity index (χ1v) is 22.9. The molecule has 10 rings (SSSR count). The van der Waals surface area contributed by atoms with Crippen molar-refractivity contribution in [2.75, 3.05) is 6.61 Å².